The monoisotopic (exact) mass is 405 g/mol. The Labute approximate surface area is 170 Å². The lowest BCUT2D eigenvalue weighted by atomic mass is 9.90. The Bertz CT molecular complexity index is 669. The van der Waals surface area contributed by atoms with Crippen LogP contribution in [0.25, 0.3) is 0 Å². The van der Waals surface area contributed by atoms with E-state index in [2.05, 4.69) is 33.9 Å². The van der Waals surface area contributed by atoms with Crippen molar-refractivity contribution in [3.8, 4) is 0 Å². The molecule has 28 heavy (non-hydrogen) atoms. The van der Waals surface area contributed by atoms with Gasteiger partial charge in [-0.05, 0) is 30.1 Å². The number of Topliss-reactive ketones (excluding diaryl/α,β-unsaturated/α-hetero) is 1. The first kappa shape index (κ1) is 22.6. The standard InChI is InChI=1S/C22H35NO4Si/c1-7-18-14-23(21(25)26-15-17-11-9-8-10-12-17)19(13-20(18)24)16-27-28(5,6)22(2,3)4/h8-12,18-19H,7,13-16H2,1-6H3. The normalized spacial score (nSPS) is 20.9. The molecular formula is C22H35NO4Si. The molecule has 1 fully saturated rings. The maximum Gasteiger partial charge on any atom is 0.410 e. The second kappa shape index (κ2) is 9.22. The summed E-state index contributed by atoms with van der Waals surface area (Å²) in [6, 6.07) is 9.38. The zero-order valence-electron chi connectivity index (χ0n) is 18.2. The highest BCUT2D eigenvalue weighted by atomic mass is 28.4. The molecule has 0 spiro atoms. The van der Waals surface area contributed by atoms with Crippen LogP contribution < -0.4 is 0 Å². The fourth-order valence-electron chi connectivity index (χ4n) is 3.05. The zero-order chi connectivity index (χ0) is 20.9. The second-order valence-corrected chi connectivity index (χ2v) is 14.0. The third-order valence-electron chi connectivity index (χ3n) is 6.13. The van der Waals surface area contributed by atoms with Crippen LogP contribution in [0.3, 0.4) is 0 Å². The molecule has 1 saturated heterocycles. The molecule has 1 heterocycles. The summed E-state index contributed by atoms with van der Waals surface area (Å²) in [6.45, 7) is 13.9. The number of hydrogen-bond acceptors (Lipinski definition) is 4. The van der Waals surface area contributed by atoms with Gasteiger partial charge in [0.05, 0.1) is 12.6 Å². The maximum absolute atomic E-state index is 12.8. The molecule has 0 bridgehead atoms. The lowest BCUT2D eigenvalue weighted by molar-refractivity contribution is -0.128. The average Bonchev–Trinajstić information content (AvgIpc) is 2.64. The van der Waals surface area contributed by atoms with Gasteiger partial charge >= 0.3 is 6.09 Å². The van der Waals surface area contributed by atoms with E-state index in [0.29, 0.717) is 19.6 Å². The highest BCUT2D eigenvalue weighted by Gasteiger charge is 2.41. The number of carbonyl (C=O) groups excluding carboxylic acids is 2. The lowest BCUT2D eigenvalue weighted by Gasteiger charge is -2.41. The molecule has 1 aromatic carbocycles. The van der Waals surface area contributed by atoms with Gasteiger partial charge in [0.25, 0.3) is 0 Å². The number of piperidine rings is 1. The Morgan fingerprint density at radius 1 is 1.21 bits per heavy atom. The molecule has 2 unspecified atom stereocenters. The molecule has 1 aromatic rings. The summed E-state index contributed by atoms with van der Waals surface area (Å²) >= 11 is 0. The number of nitrogens with zero attached hydrogens (tertiary/aromatic N) is 1. The second-order valence-electron chi connectivity index (χ2n) is 9.19. The number of hydrogen-bond donors (Lipinski definition) is 0. The van der Waals surface area contributed by atoms with Crippen LogP contribution in [0.2, 0.25) is 18.1 Å². The molecule has 2 atom stereocenters. The maximum atomic E-state index is 12.8. The third kappa shape index (κ3) is 5.67. The van der Waals surface area contributed by atoms with Crippen LogP contribution in [-0.2, 0) is 20.6 Å². The first-order chi connectivity index (χ1) is 13.0. The summed E-state index contributed by atoms with van der Waals surface area (Å²) in [5.74, 6) is 0.104. The van der Waals surface area contributed by atoms with Crippen molar-refractivity contribution in [2.45, 2.75) is 71.3 Å². The fourth-order valence-corrected chi connectivity index (χ4v) is 4.09. The third-order valence-corrected chi connectivity index (χ3v) is 10.6. The van der Waals surface area contributed by atoms with Crippen LogP contribution in [0.5, 0.6) is 0 Å². The molecule has 0 N–H and O–H groups in total. The topological polar surface area (TPSA) is 55.8 Å². The number of amides is 1. The molecule has 1 aliphatic heterocycles. The van der Waals surface area contributed by atoms with Crippen LogP contribution in [0.4, 0.5) is 4.79 Å². The molecule has 0 saturated carbocycles. The van der Waals surface area contributed by atoms with Gasteiger partial charge < -0.3 is 14.1 Å². The van der Waals surface area contributed by atoms with Gasteiger partial charge in [0.15, 0.2) is 8.32 Å². The molecule has 5 nitrogen and oxygen atoms in total. The first-order valence-electron chi connectivity index (χ1n) is 10.2. The Morgan fingerprint density at radius 3 is 2.43 bits per heavy atom. The van der Waals surface area contributed by atoms with E-state index in [-0.39, 0.29) is 35.5 Å². The van der Waals surface area contributed by atoms with Gasteiger partial charge in [0.2, 0.25) is 0 Å². The predicted octanol–water partition coefficient (Wildman–Crippen LogP) is 5.01. The van der Waals surface area contributed by atoms with E-state index in [1.165, 1.54) is 0 Å². The lowest BCUT2D eigenvalue weighted by Crippen LogP contribution is -2.54. The molecule has 6 heteroatoms. The van der Waals surface area contributed by atoms with Gasteiger partial charge in [-0.25, -0.2) is 4.79 Å². The molecule has 0 radical (unpaired) electrons. The molecule has 156 valence electrons. The van der Waals surface area contributed by atoms with E-state index in [9.17, 15) is 9.59 Å². The fraction of sp³-hybridized carbons (Fsp3) is 0.636. The van der Waals surface area contributed by atoms with Crippen molar-refractivity contribution in [2.75, 3.05) is 13.2 Å². The van der Waals surface area contributed by atoms with Crippen LogP contribution in [0.15, 0.2) is 30.3 Å². The van der Waals surface area contributed by atoms with Gasteiger partial charge in [0, 0.05) is 18.9 Å². The minimum Gasteiger partial charge on any atom is -0.445 e. The Morgan fingerprint density at radius 2 is 1.86 bits per heavy atom. The molecule has 0 aliphatic carbocycles. The summed E-state index contributed by atoms with van der Waals surface area (Å²) in [5, 5.41) is 0.0796. The van der Waals surface area contributed by atoms with Crippen LogP contribution in [0.1, 0.15) is 46.1 Å². The smallest absolute Gasteiger partial charge is 0.410 e. The summed E-state index contributed by atoms with van der Waals surface area (Å²) < 4.78 is 11.9. The quantitative estimate of drug-likeness (QED) is 0.624. The Kier molecular flexibility index (Phi) is 7.45. The number of carbonyl (C=O) groups is 2. The molecule has 1 amide bonds. The van der Waals surface area contributed by atoms with Gasteiger partial charge in [0.1, 0.15) is 12.4 Å². The van der Waals surface area contributed by atoms with Crippen LogP contribution in [-0.4, -0.2) is 44.3 Å². The van der Waals surface area contributed by atoms with Crippen molar-refractivity contribution in [1.82, 2.24) is 4.90 Å². The number of ketones is 1. The van der Waals surface area contributed by atoms with Crippen molar-refractivity contribution in [3.63, 3.8) is 0 Å². The Balaban J connectivity index is 2.07. The van der Waals surface area contributed by atoms with Gasteiger partial charge in [-0.15, -0.1) is 0 Å². The number of likely N-dealkylation sites (tertiary alicyclic amines) is 1. The van der Waals surface area contributed by atoms with E-state index < -0.39 is 8.32 Å². The summed E-state index contributed by atoms with van der Waals surface area (Å²) in [5.41, 5.74) is 0.949. The average molecular weight is 406 g/mol. The largest absolute Gasteiger partial charge is 0.445 e. The highest BCUT2D eigenvalue weighted by Crippen LogP contribution is 2.37. The zero-order valence-corrected chi connectivity index (χ0v) is 19.2. The number of ether oxygens (including phenoxy) is 1. The van der Waals surface area contributed by atoms with Crippen LogP contribution in [0, 0.1) is 5.92 Å². The molecule has 1 aliphatic rings. The van der Waals surface area contributed by atoms with Gasteiger partial charge in [-0.3, -0.25) is 4.79 Å². The SMILES string of the molecule is CCC1CN(C(=O)OCc2ccccc2)C(CO[Si](C)(C)C(C)(C)C)CC1=O. The van der Waals surface area contributed by atoms with Crippen LogP contribution >= 0.6 is 0 Å². The van der Waals surface area contributed by atoms with Gasteiger partial charge in [-0.1, -0.05) is 58.0 Å². The van der Waals surface area contributed by atoms with E-state index in [1.807, 2.05) is 37.3 Å². The summed E-state index contributed by atoms with van der Waals surface area (Å²) in [6.07, 6.45) is 0.712. The van der Waals surface area contributed by atoms with Crippen molar-refractivity contribution in [1.29, 1.82) is 0 Å². The van der Waals surface area contributed by atoms with Gasteiger partial charge in [-0.2, -0.15) is 0 Å². The number of rotatable bonds is 6. The van der Waals surface area contributed by atoms with E-state index in [0.717, 1.165) is 12.0 Å². The van der Waals surface area contributed by atoms with E-state index >= 15 is 0 Å². The minimum absolute atomic E-state index is 0.0796. The van der Waals surface area contributed by atoms with Crippen molar-refractivity contribution in [3.05, 3.63) is 35.9 Å². The van der Waals surface area contributed by atoms with Crippen molar-refractivity contribution < 1.29 is 18.8 Å². The summed E-state index contributed by atoms with van der Waals surface area (Å²) in [7, 11) is -1.96. The molecule has 2 rings (SSSR count). The van der Waals surface area contributed by atoms with E-state index in [1.54, 1.807) is 4.90 Å². The predicted molar refractivity (Wildman–Crippen MR) is 114 cm³/mol. The van der Waals surface area contributed by atoms with Crippen molar-refractivity contribution >= 4 is 20.2 Å². The molecular weight excluding hydrogens is 370 g/mol. The highest BCUT2D eigenvalue weighted by molar-refractivity contribution is 6.74. The first-order valence-corrected chi connectivity index (χ1v) is 13.1. The number of benzene rings is 1. The molecule has 0 aromatic heterocycles. The summed E-state index contributed by atoms with van der Waals surface area (Å²) in [4.78, 5) is 27.0. The van der Waals surface area contributed by atoms with E-state index in [4.69, 9.17) is 9.16 Å². The minimum atomic E-state index is -1.96. The Hall–Kier alpha value is -1.66. The van der Waals surface area contributed by atoms with Crippen molar-refractivity contribution in [2.24, 2.45) is 5.92 Å².